The maximum atomic E-state index is 12.7. The SMILES string of the molecule is COc1ccc(C(NC(=O)C2SCCc3sccc32)C(=O)O)cc1Cl. The van der Waals surface area contributed by atoms with Gasteiger partial charge in [-0.15, -0.1) is 23.1 Å². The number of ether oxygens (including phenoxy) is 1. The van der Waals surface area contributed by atoms with Gasteiger partial charge in [0, 0.05) is 4.88 Å². The van der Waals surface area contributed by atoms with E-state index in [1.54, 1.807) is 23.5 Å². The quantitative estimate of drug-likeness (QED) is 0.804. The van der Waals surface area contributed by atoms with Gasteiger partial charge in [-0.25, -0.2) is 4.79 Å². The minimum absolute atomic E-state index is 0.299. The fraction of sp³-hybridized carbons (Fsp3) is 0.294. The number of methoxy groups -OCH3 is 1. The highest BCUT2D eigenvalue weighted by atomic mass is 35.5. The van der Waals surface area contributed by atoms with Crippen molar-refractivity contribution < 1.29 is 19.4 Å². The molecule has 0 spiro atoms. The van der Waals surface area contributed by atoms with Crippen LogP contribution in [-0.4, -0.2) is 29.8 Å². The molecule has 25 heavy (non-hydrogen) atoms. The lowest BCUT2D eigenvalue weighted by molar-refractivity contribution is -0.142. The highest BCUT2D eigenvalue weighted by molar-refractivity contribution is 8.00. The van der Waals surface area contributed by atoms with Gasteiger partial charge in [0.1, 0.15) is 11.0 Å². The third-order valence-corrected chi connectivity index (χ3v) is 6.49. The highest BCUT2D eigenvalue weighted by Gasteiger charge is 2.31. The standard InChI is InChI=1S/C17H16ClNO4S2/c1-23-12-3-2-9(8-11(12)18)14(17(21)22)19-16(20)15-10-4-6-24-13(10)5-7-25-15/h2-4,6,8,14-15H,5,7H2,1H3,(H,19,20)(H,21,22). The number of hydrogen-bond donors (Lipinski definition) is 2. The Hall–Kier alpha value is -1.70. The Bertz CT molecular complexity index is 808. The number of carboxylic acid groups (broad SMARTS) is 1. The molecule has 5 nitrogen and oxygen atoms in total. The first kappa shape index (κ1) is 18.1. The number of hydrogen-bond acceptors (Lipinski definition) is 5. The van der Waals surface area contributed by atoms with E-state index in [0.717, 1.165) is 17.7 Å². The minimum Gasteiger partial charge on any atom is -0.495 e. The van der Waals surface area contributed by atoms with Crippen LogP contribution in [0.25, 0.3) is 0 Å². The summed E-state index contributed by atoms with van der Waals surface area (Å²) < 4.78 is 5.08. The molecule has 2 aromatic rings. The van der Waals surface area contributed by atoms with E-state index in [-0.39, 0.29) is 11.2 Å². The first-order chi connectivity index (χ1) is 12.0. The fourth-order valence-electron chi connectivity index (χ4n) is 2.73. The highest BCUT2D eigenvalue weighted by Crippen LogP contribution is 2.40. The zero-order chi connectivity index (χ0) is 18.0. The average Bonchev–Trinajstić information content (AvgIpc) is 3.07. The van der Waals surface area contributed by atoms with E-state index in [9.17, 15) is 14.7 Å². The van der Waals surface area contributed by atoms with Crippen molar-refractivity contribution in [3.05, 3.63) is 50.7 Å². The number of thioether (sulfide) groups is 1. The number of carboxylic acids is 1. The Morgan fingerprint density at radius 3 is 2.88 bits per heavy atom. The summed E-state index contributed by atoms with van der Waals surface area (Å²) in [6, 6.07) is 5.46. The predicted molar refractivity (Wildman–Crippen MR) is 99.7 cm³/mol. The molecule has 3 rings (SSSR count). The molecule has 0 aliphatic carbocycles. The molecular weight excluding hydrogens is 382 g/mol. The number of halogens is 1. The summed E-state index contributed by atoms with van der Waals surface area (Å²) in [7, 11) is 1.48. The van der Waals surface area contributed by atoms with Gasteiger partial charge in [-0.05, 0) is 46.9 Å². The number of nitrogens with one attached hydrogen (secondary N) is 1. The molecule has 1 aromatic carbocycles. The molecule has 2 atom stereocenters. The fourth-order valence-corrected chi connectivity index (χ4v) is 5.30. The Labute approximate surface area is 158 Å². The summed E-state index contributed by atoms with van der Waals surface area (Å²) in [4.78, 5) is 25.6. The molecule has 0 saturated heterocycles. The molecular formula is C17H16ClNO4S2. The summed E-state index contributed by atoms with van der Waals surface area (Å²) >= 11 is 9.25. The van der Waals surface area contributed by atoms with E-state index < -0.39 is 12.0 Å². The monoisotopic (exact) mass is 397 g/mol. The molecule has 1 amide bonds. The maximum absolute atomic E-state index is 12.7. The van der Waals surface area contributed by atoms with Crippen LogP contribution in [0.3, 0.4) is 0 Å². The molecule has 1 aliphatic rings. The van der Waals surface area contributed by atoms with Crippen molar-refractivity contribution in [2.75, 3.05) is 12.9 Å². The molecule has 0 bridgehead atoms. The smallest absolute Gasteiger partial charge is 0.330 e. The van der Waals surface area contributed by atoms with Crippen LogP contribution in [0.1, 0.15) is 27.3 Å². The van der Waals surface area contributed by atoms with E-state index in [0.29, 0.717) is 16.3 Å². The van der Waals surface area contributed by atoms with Crippen molar-refractivity contribution in [3.63, 3.8) is 0 Å². The predicted octanol–water partition coefficient (Wildman–Crippen LogP) is 3.68. The first-order valence-corrected chi connectivity index (χ1v) is 9.86. The number of benzene rings is 1. The van der Waals surface area contributed by atoms with E-state index in [1.807, 2.05) is 11.4 Å². The lowest BCUT2D eigenvalue weighted by Gasteiger charge is -2.24. The van der Waals surface area contributed by atoms with E-state index >= 15 is 0 Å². The topological polar surface area (TPSA) is 75.6 Å². The van der Waals surface area contributed by atoms with Crippen molar-refractivity contribution in [3.8, 4) is 5.75 Å². The van der Waals surface area contributed by atoms with Gasteiger partial charge in [-0.1, -0.05) is 17.7 Å². The average molecular weight is 398 g/mol. The number of thiophene rings is 1. The number of carbonyl (C=O) groups excluding carboxylic acids is 1. The Balaban J connectivity index is 1.82. The third kappa shape index (κ3) is 3.78. The van der Waals surface area contributed by atoms with Crippen molar-refractivity contribution >= 4 is 46.6 Å². The van der Waals surface area contributed by atoms with Gasteiger partial charge >= 0.3 is 5.97 Å². The Kier molecular flexibility index (Phi) is 5.56. The van der Waals surface area contributed by atoms with Crippen LogP contribution in [0.15, 0.2) is 29.6 Å². The van der Waals surface area contributed by atoms with Gasteiger partial charge in [-0.2, -0.15) is 0 Å². The van der Waals surface area contributed by atoms with Crippen LogP contribution < -0.4 is 10.1 Å². The summed E-state index contributed by atoms with van der Waals surface area (Å²) in [5, 5.41) is 14.1. The Morgan fingerprint density at radius 2 is 2.20 bits per heavy atom. The zero-order valence-electron chi connectivity index (χ0n) is 13.3. The maximum Gasteiger partial charge on any atom is 0.330 e. The third-order valence-electron chi connectivity index (χ3n) is 3.96. The number of amides is 1. The second-order valence-electron chi connectivity index (χ2n) is 5.47. The van der Waals surface area contributed by atoms with Crippen LogP contribution in [0.2, 0.25) is 5.02 Å². The van der Waals surface area contributed by atoms with Gasteiger partial charge in [0.2, 0.25) is 5.91 Å². The van der Waals surface area contributed by atoms with Crippen molar-refractivity contribution in [1.82, 2.24) is 5.32 Å². The summed E-state index contributed by atoms with van der Waals surface area (Å²) in [6.45, 7) is 0. The second kappa shape index (κ2) is 7.68. The van der Waals surface area contributed by atoms with Crippen molar-refractivity contribution in [1.29, 1.82) is 0 Å². The summed E-state index contributed by atoms with van der Waals surface area (Å²) in [5.41, 5.74) is 1.38. The largest absolute Gasteiger partial charge is 0.495 e. The molecule has 0 saturated carbocycles. The molecule has 8 heteroatoms. The van der Waals surface area contributed by atoms with Crippen molar-refractivity contribution in [2.24, 2.45) is 0 Å². The second-order valence-corrected chi connectivity index (χ2v) is 8.09. The molecule has 0 radical (unpaired) electrons. The van der Waals surface area contributed by atoms with Gasteiger partial charge in [0.05, 0.1) is 12.1 Å². The van der Waals surface area contributed by atoms with Gasteiger partial charge < -0.3 is 15.2 Å². The van der Waals surface area contributed by atoms with E-state index in [1.165, 1.54) is 29.8 Å². The number of rotatable bonds is 5. The van der Waals surface area contributed by atoms with Crippen LogP contribution in [-0.2, 0) is 16.0 Å². The van der Waals surface area contributed by atoms with Gasteiger partial charge in [0.25, 0.3) is 0 Å². The van der Waals surface area contributed by atoms with E-state index in [4.69, 9.17) is 16.3 Å². The van der Waals surface area contributed by atoms with Crippen molar-refractivity contribution in [2.45, 2.75) is 17.7 Å². The number of fused-ring (bicyclic) bond motifs is 1. The zero-order valence-corrected chi connectivity index (χ0v) is 15.7. The summed E-state index contributed by atoms with van der Waals surface area (Å²) in [6.07, 6.45) is 0.942. The Morgan fingerprint density at radius 1 is 1.40 bits per heavy atom. The van der Waals surface area contributed by atoms with E-state index in [2.05, 4.69) is 5.32 Å². The molecule has 1 aromatic heterocycles. The first-order valence-electron chi connectivity index (χ1n) is 7.55. The number of aryl methyl sites for hydroxylation is 1. The molecule has 1 aliphatic heterocycles. The van der Waals surface area contributed by atoms with Crippen LogP contribution in [0, 0.1) is 0 Å². The minimum atomic E-state index is -1.17. The molecule has 2 heterocycles. The van der Waals surface area contributed by atoms with Gasteiger partial charge in [0.15, 0.2) is 6.04 Å². The van der Waals surface area contributed by atoms with Gasteiger partial charge in [-0.3, -0.25) is 4.79 Å². The summed E-state index contributed by atoms with van der Waals surface area (Å²) in [5.74, 6) is -0.145. The number of aliphatic carboxylic acids is 1. The van der Waals surface area contributed by atoms with Crippen LogP contribution in [0.5, 0.6) is 5.75 Å². The van der Waals surface area contributed by atoms with Crippen LogP contribution >= 0.6 is 34.7 Å². The molecule has 2 N–H and O–H groups in total. The molecule has 2 unspecified atom stereocenters. The number of carbonyl (C=O) groups is 2. The normalized spacial score (nSPS) is 17.4. The van der Waals surface area contributed by atoms with Crippen LogP contribution in [0.4, 0.5) is 0 Å². The lowest BCUT2D eigenvalue weighted by Crippen LogP contribution is -2.37. The molecule has 132 valence electrons. The molecule has 0 fully saturated rings. The lowest BCUT2D eigenvalue weighted by atomic mass is 10.1.